The second kappa shape index (κ2) is 6.61. The van der Waals surface area contributed by atoms with E-state index in [0.717, 1.165) is 17.8 Å². The van der Waals surface area contributed by atoms with Gasteiger partial charge < -0.3 is 10.4 Å². The number of carboxylic acids is 1. The lowest BCUT2D eigenvalue weighted by Crippen LogP contribution is -2.19. The molecule has 0 spiro atoms. The van der Waals surface area contributed by atoms with Crippen molar-refractivity contribution in [2.45, 2.75) is 12.2 Å². The molecule has 0 aliphatic rings. The molecule has 1 aromatic carbocycles. The van der Waals surface area contributed by atoms with Crippen LogP contribution in [0.25, 0.3) is 0 Å². The summed E-state index contributed by atoms with van der Waals surface area (Å²) < 4.78 is 12.8. The van der Waals surface area contributed by atoms with Gasteiger partial charge in [-0.3, -0.25) is 9.59 Å². The molecule has 7 heteroatoms. The highest BCUT2D eigenvalue weighted by Crippen LogP contribution is 2.22. The van der Waals surface area contributed by atoms with E-state index in [0.29, 0.717) is 5.69 Å². The quantitative estimate of drug-likeness (QED) is 0.875. The number of nitrogens with one attached hydrogen (secondary N) is 1. The average Bonchev–Trinajstić information content (AvgIpc) is 2.29. The molecular formula is C11H11ClFNO3S. The molecule has 4 nitrogen and oxygen atoms in total. The minimum Gasteiger partial charge on any atom is -0.480 e. The highest BCUT2D eigenvalue weighted by molar-refractivity contribution is 8.01. The zero-order valence-electron chi connectivity index (χ0n) is 9.44. The first kappa shape index (κ1) is 14.8. The fourth-order valence-electron chi connectivity index (χ4n) is 1.05. The minimum atomic E-state index is -0.979. The summed E-state index contributed by atoms with van der Waals surface area (Å²) in [5, 5.41) is 10.6. The monoisotopic (exact) mass is 291 g/mol. The van der Waals surface area contributed by atoms with Gasteiger partial charge in [0, 0.05) is 0 Å². The summed E-state index contributed by atoms with van der Waals surface area (Å²) in [6, 6.07) is 3.61. The first-order valence-corrected chi connectivity index (χ1v) is 6.42. The number of hydrogen-bond acceptors (Lipinski definition) is 3. The number of carbonyl (C=O) groups is 2. The van der Waals surface area contributed by atoms with Crippen molar-refractivity contribution >= 4 is 40.9 Å². The molecule has 0 radical (unpaired) electrons. The van der Waals surface area contributed by atoms with Crippen LogP contribution in [0.15, 0.2) is 18.2 Å². The van der Waals surface area contributed by atoms with Crippen LogP contribution in [0.2, 0.25) is 5.02 Å². The molecule has 1 amide bonds. The van der Waals surface area contributed by atoms with Gasteiger partial charge in [-0.2, -0.15) is 0 Å². The van der Waals surface area contributed by atoms with E-state index >= 15 is 0 Å². The third-order valence-corrected chi connectivity index (χ3v) is 3.46. The van der Waals surface area contributed by atoms with Crippen molar-refractivity contribution in [3.8, 4) is 0 Å². The number of aliphatic carboxylic acids is 1. The van der Waals surface area contributed by atoms with E-state index < -0.39 is 17.0 Å². The highest BCUT2D eigenvalue weighted by Gasteiger charge is 2.14. The Morgan fingerprint density at radius 2 is 2.22 bits per heavy atom. The number of amides is 1. The lowest BCUT2D eigenvalue weighted by Gasteiger charge is -2.08. The molecule has 0 bridgehead atoms. The normalized spacial score (nSPS) is 11.9. The van der Waals surface area contributed by atoms with Crippen molar-refractivity contribution in [3.05, 3.63) is 29.0 Å². The standard InChI is InChI=1S/C11H11ClFNO3S/c1-6(11(16)17)18-5-10(15)14-9-3-2-7(13)4-8(9)12/h2-4,6H,5H2,1H3,(H,14,15)(H,16,17). The number of thioether (sulfide) groups is 1. The fraction of sp³-hybridized carbons (Fsp3) is 0.273. The average molecular weight is 292 g/mol. The molecule has 0 aromatic heterocycles. The minimum absolute atomic E-state index is 0.0127. The highest BCUT2D eigenvalue weighted by atomic mass is 35.5. The smallest absolute Gasteiger partial charge is 0.316 e. The molecule has 1 rings (SSSR count). The molecule has 1 unspecified atom stereocenters. The second-order valence-electron chi connectivity index (χ2n) is 3.46. The van der Waals surface area contributed by atoms with Crippen molar-refractivity contribution in [2.75, 3.05) is 11.1 Å². The van der Waals surface area contributed by atoms with E-state index in [1.54, 1.807) is 0 Å². The molecule has 0 aliphatic heterocycles. The Labute approximate surface area is 113 Å². The van der Waals surface area contributed by atoms with Gasteiger partial charge in [-0.15, -0.1) is 11.8 Å². The zero-order chi connectivity index (χ0) is 13.7. The van der Waals surface area contributed by atoms with E-state index in [9.17, 15) is 14.0 Å². The summed E-state index contributed by atoms with van der Waals surface area (Å²) in [5.74, 6) is -1.87. The first-order chi connectivity index (χ1) is 8.40. The maximum Gasteiger partial charge on any atom is 0.316 e. The molecule has 1 atom stereocenters. The van der Waals surface area contributed by atoms with E-state index in [2.05, 4.69) is 5.32 Å². The Bertz CT molecular complexity index is 470. The first-order valence-electron chi connectivity index (χ1n) is 4.99. The Morgan fingerprint density at radius 1 is 1.56 bits per heavy atom. The van der Waals surface area contributed by atoms with Crippen LogP contribution in [-0.2, 0) is 9.59 Å². The number of halogens is 2. The molecule has 0 saturated heterocycles. The van der Waals surface area contributed by atoms with Gasteiger partial charge in [0.1, 0.15) is 5.82 Å². The molecular weight excluding hydrogens is 281 g/mol. The number of carbonyl (C=O) groups excluding carboxylic acids is 1. The lowest BCUT2D eigenvalue weighted by molar-refractivity contribution is -0.136. The summed E-state index contributed by atoms with van der Waals surface area (Å²) >= 11 is 6.72. The van der Waals surface area contributed by atoms with Crippen molar-refractivity contribution in [1.29, 1.82) is 0 Å². The zero-order valence-corrected chi connectivity index (χ0v) is 11.0. The lowest BCUT2D eigenvalue weighted by atomic mass is 10.3. The molecule has 18 heavy (non-hydrogen) atoms. The summed E-state index contributed by atoms with van der Waals surface area (Å²) in [5.41, 5.74) is 0.298. The van der Waals surface area contributed by atoms with Crippen LogP contribution in [0.4, 0.5) is 10.1 Å². The predicted molar refractivity (Wildman–Crippen MR) is 69.6 cm³/mol. The fourth-order valence-corrected chi connectivity index (χ4v) is 1.88. The third-order valence-electron chi connectivity index (χ3n) is 2.02. The molecule has 1 aromatic rings. The molecule has 98 valence electrons. The number of anilines is 1. The van der Waals surface area contributed by atoms with Gasteiger partial charge in [-0.05, 0) is 25.1 Å². The van der Waals surface area contributed by atoms with Crippen LogP contribution in [-0.4, -0.2) is 28.0 Å². The molecule has 0 heterocycles. The predicted octanol–water partition coefficient (Wildman–Crippen LogP) is 2.62. The Hall–Kier alpha value is -1.27. The van der Waals surface area contributed by atoms with Crippen LogP contribution in [0.1, 0.15) is 6.92 Å². The van der Waals surface area contributed by atoms with Gasteiger partial charge in [0.25, 0.3) is 0 Å². The SMILES string of the molecule is CC(SCC(=O)Nc1ccc(F)cc1Cl)C(=O)O. The van der Waals surface area contributed by atoms with Crippen molar-refractivity contribution in [3.63, 3.8) is 0 Å². The maximum absolute atomic E-state index is 12.8. The Morgan fingerprint density at radius 3 is 2.78 bits per heavy atom. The number of hydrogen-bond donors (Lipinski definition) is 2. The van der Waals surface area contributed by atoms with Crippen LogP contribution in [0.5, 0.6) is 0 Å². The van der Waals surface area contributed by atoms with Gasteiger partial charge in [-0.25, -0.2) is 4.39 Å². The van der Waals surface area contributed by atoms with Gasteiger partial charge >= 0.3 is 5.97 Å². The summed E-state index contributed by atoms with van der Waals surface area (Å²) in [6.45, 7) is 1.49. The Kier molecular flexibility index (Phi) is 5.43. The largest absolute Gasteiger partial charge is 0.480 e. The summed E-state index contributed by atoms with van der Waals surface area (Å²) in [6.07, 6.45) is 0. The van der Waals surface area contributed by atoms with E-state index in [1.165, 1.54) is 19.1 Å². The van der Waals surface area contributed by atoms with Gasteiger partial charge in [0.05, 0.1) is 21.7 Å². The van der Waals surface area contributed by atoms with Crippen molar-refractivity contribution in [1.82, 2.24) is 0 Å². The maximum atomic E-state index is 12.8. The van der Waals surface area contributed by atoms with Gasteiger partial charge in [0.15, 0.2) is 0 Å². The topological polar surface area (TPSA) is 66.4 Å². The number of benzene rings is 1. The van der Waals surface area contributed by atoms with Crippen molar-refractivity contribution in [2.24, 2.45) is 0 Å². The summed E-state index contributed by atoms with van der Waals surface area (Å²) in [7, 11) is 0. The van der Waals surface area contributed by atoms with Gasteiger partial charge in [-0.1, -0.05) is 11.6 Å². The number of rotatable bonds is 5. The van der Waals surface area contributed by atoms with Gasteiger partial charge in [0.2, 0.25) is 5.91 Å². The molecule has 2 N–H and O–H groups in total. The van der Waals surface area contributed by atoms with Crippen LogP contribution in [0.3, 0.4) is 0 Å². The van der Waals surface area contributed by atoms with E-state index in [1.807, 2.05) is 0 Å². The van der Waals surface area contributed by atoms with E-state index in [4.69, 9.17) is 16.7 Å². The Balaban J connectivity index is 2.52. The molecule has 0 aliphatic carbocycles. The molecule has 0 saturated carbocycles. The van der Waals surface area contributed by atoms with Crippen LogP contribution < -0.4 is 5.32 Å². The van der Waals surface area contributed by atoms with Crippen LogP contribution >= 0.6 is 23.4 Å². The molecule has 0 fully saturated rings. The van der Waals surface area contributed by atoms with Crippen molar-refractivity contribution < 1.29 is 19.1 Å². The third kappa shape index (κ3) is 4.54. The van der Waals surface area contributed by atoms with Crippen LogP contribution in [0, 0.1) is 5.82 Å². The summed E-state index contributed by atoms with van der Waals surface area (Å²) in [4.78, 5) is 22.0. The van der Waals surface area contributed by atoms with E-state index in [-0.39, 0.29) is 16.7 Å². The second-order valence-corrected chi connectivity index (χ2v) is 5.20. The number of carboxylic acid groups (broad SMARTS) is 1.